The van der Waals surface area contributed by atoms with Crippen molar-refractivity contribution in [3.8, 4) is 0 Å². The summed E-state index contributed by atoms with van der Waals surface area (Å²) in [5.74, 6) is 0. The minimum absolute atomic E-state index is 0.222. The highest BCUT2D eigenvalue weighted by Gasteiger charge is 2.29. The van der Waals surface area contributed by atoms with Crippen LogP contribution in [-0.4, -0.2) is 13.7 Å². The molecular formula is C14H21NO2S. The van der Waals surface area contributed by atoms with E-state index in [1.165, 1.54) is 0 Å². The number of benzene rings is 1. The molecule has 1 aliphatic rings. The van der Waals surface area contributed by atoms with Gasteiger partial charge in [-0.1, -0.05) is 31.7 Å². The molecule has 0 bridgehead atoms. The minimum Gasteiger partial charge on any atom is -0.399 e. The van der Waals surface area contributed by atoms with Crippen molar-refractivity contribution in [1.29, 1.82) is 0 Å². The van der Waals surface area contributed by atoms with Crippen molar-refractivity contribution < 1.29 is 8.42 Å². The Hall–Kier alpha value is -1.03. The van der Waals surface area contributed by atoms with E-state index in [0.717, 1.165) is 44.1 Å². The summed E-state index contributed by atoms with van der Waals surface area (Å²) in [5.41, 5.74) is 7.04. The van der Waals surface area contributed by atoms with Crippen LogP contribution in [0.15, 0.2) is 23.1 Å². The molecule has 0 spiro atoms. The summed E-state index contributed by atoms with van der Waals surface area (Å²) in [7, 11) is -3.22. The first kappa shape index (κ1) is 13.4. The van der Waals surface area contributed by atoms with E-state index in [1.54, 1.807) is 18.2 Å². The zero-order valence-corrected chi connectivity index (χ0v) is 11.7. The zero-order valence-electron chi connectivity index (χ0n) is 10.9. The van der Waals surface area contributed by atoms with Gasteiger partial charge in [0, 0.05) is 5.69 Å². The van der Waals surface area contributed by atoms with Crippen LogP contribution in [0.2, 0.25) is 0 Å². The molecule has 0 unspecified atom stereocenters. The largest absolute Gasteiger partial charge is 0.399 e. The van der Waals surface area contributed by atoms with Gasteiger partial charge in [-0.3, -0.25) is 0 Å². The van der Waals surface area contributed by atoms with Crippen LogP contribution in [0.3, 0.4) is 0 Å². The third kappa shape index (κ3) is 2.69. The van der Waals surface area contributed by atoms with Crippen molar-refractivity contribution in [2.24, 2.45) is 0 Å². The molecule has 1 aromatic rings. The smallest absolute Gasteiger partial charge is 0.181 e. The fraction of sp³-hybridized carbons (Fsp3) is 0.571. The number of nitrogens with two attached hydrogens (primary N) is 1. The van der Waals surface area contributed by atoms with Gasteiger partial charge in [0.1, 0.15) is 0 Å². The molecule has 0 heterocycles. The maximum atomic E-state index is 12.7. The van der Waals surface area contributed by atoms with Crippen LogP contribution in [0.25, 0.3) is 0 Å². The van der Waals surface area contributed by atoms with Gasteiger partial charge in [-0.2, -0.15) is 0 Å². The van der Waals surface area contributed by atoms with E-state index in [0.29, 0.717) is 10.6 Å². The van der Waals surface area contributed by atoms with Gasteiger partial charge in [-0.05, 0) is 37.5 Å². The van der Waals surface area contributed by atoms with Crippen molar-refractivity contribution in [3.63, 3.8) is 0 Å². The second-order valence-corrected chi connectivity index (χ2v) is 7.38. The van der Waals surface area contributed by atoms with Gasteiger partial charge in [0.15, 0.2) is 9.84 Å². The average molecular weight is 267 g/mol. The second kappa shape index (κ2) is 5.31. The van der Waals surface area contributed by atoms with Gasteiger partial charge >= 0.3 is 0 Å². The third-order valence-electron chi connectivity index (χ3n) is 3.76. The first-order valence-corrected chi connectivity index (χ1v) is 8.16. The molecule has 1 aromatic carbocycles. The summed E-state index contributed by atoms with van der Waals surface area (Å²) >= 11 is 0. The third-order valence-corrected chi connectivity index (χ3v) is 6.16. The number of sulfone groups is 1. The molecule has 4 heteroatoms. The normalized spacial score (nSPS) is 18.5. The molecule has 2 N–H and O–H groups in total. The lowest BCUT2D eigenvalue weighted by atomic mass is 10.2. The van der Waals surface area contributed by atoms with E-state index < -0.39 is 9.84 Å². The van der Waals surface area contributed by atoms with Crippen LogP contribution in [0.1, 0.15) is 44.1 Å². The molecule has 1 saturated carbocycles. The van der Waals surface area contributed by atoms with Crippen molar-refractivity contribution in [3.05, 3.63) is 23.8 Å². The first-order valence-electron chi connectivity index (χ1n) is 6.62. The molecule has 0 aliphatic heterocycles. The molecule has 1 aliphatic carbocycles. The van der Waals surface area contributed by atoms with E-state index in [9.17, 15) is 8.42 Å². The molecule has 3 nitrogen and oxygen atoms in total. The van der Waals surface area contributed by atoms with Crippen LogP contribution in [-0.2, 0) is 9.84 Å². The standard InChI is InChI=1S/C14H21NO2S/c1-11-8-9-12(15)10-14(11)18(16,17)13-6-4-2-3-5-7-13/h8-10,13H,2-7,15H2,1H3. The lowest BCUT2D eigenvalue weighted by molar-refractivity contribution is 0.562. The van der Waals surface area contributed by atoms with Gasteiger partial charge in [-0.15, -0.1) is 0 Å². The van der Waals surface area contributed by atoms with Crippen molar-refractivity contribution in [1.82, 2.24) is 0 Å². The fourth-order valence-electron chi connectivity index (χ4n) is 2.65. The van der Waals surface area contributed by atoms with E-state index in [1.807, 2.05) is 6.92 Å². The number of hydrogen-bond acceptors (Lipinski definition) is 3. The summed E-state index contributed by atoms with van der Waals surface area (Å²) in [6.45, 7) is 1.84. The highest BCUT2D eigenvalue weighted by molar-refractivity contribution is 7.92. The highest BCUT2D eigenvalue weighted by Crippen LogP contribution is 2.30. The summed E-state index contributed by atoms with van der Waals surface area (Å²) in [6, 6.07) is 5.15. The zero-order chi connectivity index (χ0) is 13.2. The Kier molecular flexibility index (Phi) is 3.95. The molecule has 0 amide bonds. The van der Waals surface area contributed by atoms with E-state index in [-0.39, 0.29) is 5.25 Å². The van der Waals surface area contributed by atoms with Crippen LogP contribution in [0.5, 0.6) is 0 Å². The quantitative estimate of drug-likeness (QED) is 0.661. The Bertz CT molecular complexity index is 515. The molecular weight excluding hydrogens is 246 g/mol. The average Bonchev–Trinajstić information content (AvgIpc) is 2.61. The predicted octanol–water partition coefficient (Wildman–Crippen LogP) is 3.07. The Labute approximate surface area is 109 Å². The van der Waals surface area contributed by atoms with Gasteiger partial charge < -0.3 is 5.73 Å². The number of hydrogen-bond donors (Lipinski definition) is 1. The monoisotopic (exact) mass is 267 g/mol. The molecule has 1 fully saturated rings. The minimum atomic E-state index is -3.22. The Morgan fingerprint density at radius 1 is 1.11 bits per heavy atom. The fourth-order valence-corrected chi connectivity index (χ4v) is 4.79. The summed E-state index contributed by atoms with van der Waals surface area (Å²) in [4.78, 5) is 0.425. The number of nitrogen functional groups attached to an aromatic ring is 1. The lowest BCUT2D eigenvalue weighted by Gasteiger charge is -2.17. The molecule has 0 atom stereocenters. The van der Waals surface area contributed by atoms with Gasteiger partial charge in [-0.25, -0.2) is 8.42 Å². The van der Waals surface area contributed by atoms with E-state index in [2.05, 4.69) is 0 Å². The molecule has 100 valence electrons. The Morgan fingerprint density at radius 2 is 1.72 bits per heavy atom. The number of anilines is 1. The van der Waals surface area contributed by atoms with Gasteiger partial charge in [0.25, 0.3) is 0 Å². The molecule has 2 rings (SSSR count). The maximum absolute atomic E-state index is 12.7. The Morgan fingerprint density at radius 3 is 2.33 bits per heavy atom. The number of aryl methyl sites for hydroxylation is 1. The number of rotatable bonds is 2. The molecule has 0 saturated heterocycles. The van der Waals surface area contributed by atoms with Crippen LogP contribution in [0, 0.1) is 6.92 Å². The Balaban J connectivity index is 2.37. The van der Waals surface area contributed by atoms with Crippen LogP contribution >= 0.6 is 0 Å². The predicted molar refractivity (Wildman–Crippen MR) is 74.3 cm³/mol. The first-order chi connectivity index (χ1) is 8.51. The van der Waals surface area contributed by atoms with Crippen molar-refractivity contribution >= 4 is 15.5 Å². The van der Waals surface area contributed by atoms with Crippen LogP contribution < -0.4 is 5.73 Å². The van der Waals surface area contributed by atoms with Crippen molar-refractivity contribution in [2.45, 2.75) is 55.6 Å². The summed E-state index contributed by atoms with van der Waals surface area (Å²) < 4.78 is 25.3. The highest BCUT2D eigenvalue weighted by atomic mass is 32.2. The molecule has 18 heavy (non-hydrogen) atoms. The van der Waals surface area contributed by atoms with Crippen LogP contribution in [0.4, 0.5) is 5.69 Å². The summed E-state index contributed by atoms with van der Waals surface area (Å²) in [6.07, 6.45) is 5.92. The van der Waals surface area contributed by atoms with E-state index in [4.69, 9.17) is 5.73 Å². The topological polar surface area (TPSA) is 60.2 Å². The maximum Gasteiger partial charge on any atom is 0.181 e. The second-order valence-electron chi connectivity index (χ2n) is 5.18. The molecule has 0 radical (unpaired) electrons. The SMILES string of the molecule is Cc1ccc(N)cc1S(=O)(=O)C1CCCCCC1. The van der Waals surface area contributed by atoms with Gasteiger partial charge in [0.2, 0.25) is 0 Å². The summed E-state index contributed by atoms with van der Waals surface area (Å²) in [5, 5.41) is -0.222. The van der Waals surface area contributed by atoms with Gasteiger partial charge in [0.05, 0.1) is 10.1 Å². The molecule has 0 aromatic heterocycles. The lowest BCUT2D eigenvalue weighted by Crippen LogP contribution is -2.21. The van der Waals surface area contributed by atoms with Crippen molar-refractivity contribution in [2.75, 3.05) is 5.73 Å². The van der Waals surface area contributed by atoms with E-state index >= 15 is 0 Å².